The van der Waals surface area contributed by atoms with Crippen LogP contribution >= 0.6 is 0 Å². The Kier molecular flexibility index (Phi) is 3.13. The molecule has 1 saturated heterocycles. The van der Waals surface area contributed by atoms with E-state index in [0.717, 1.165) is 12.6 Å². The molecule has 5 nitrogen and oxygen atoms in total. The van der Waals surface area contributed by atoms with Gasteiger partial charge in [0.15, 0.2) is 0 Å². The molecule has 1 amide bonds. The minimum atomic E-state index is -0.281. The maximum Gasteiger partial charge on any atom is 0.267 e. The van der Waals surface area contributed by atoms with Crippen molar-refractivity contribution in [2.45, 2.75) is 18.9 Å². The van der Waals surface area contributed by atoms with Gasteiger partial charge in [-0.3, -0.25) is 10.2 Å². The Morgan fingerprint density at radius 3 is 2.85 bits per heavy atom. The average Bonchev–Trinajstić information content (AvgIpc) is 2.51. The Labute approximate surface area is 76.9 Å². The lowest BCUT2D eigenvalue weighted by molar-refractivity contribution is -0.123. The van der Waals surface area contributed by atoms with Crippen molar-refractivity contribution >= 4 is 17.8 Å². The summed E-state index contributed by atoms with van der Waals surface area (Å²) < 4.78 is 0. The Bertz CT molecular complexity index is 238. The largest absolute Gasteiger partial charge is 0.336 e. The van der Waals surface area contributed by atoms with E-state index in [-0.39, 0.29) is 24.1 Å². The van der Waals surface area contributed by atoms with Crippen LogP contribution in [0.4, 0.5) is 0 Å². The highest BCUT2D eigenvalue weighted by atomic mass is 16.2. The fourth-order valence-electron chi connectivity index (χ4n) is 1.35. The van der Waals surface area contributed by atoms with Gasteiger partial charge in [0.2, 0.25) is 0 Å². The van der Waals surface area contributed by atoms with Crippen LogP contribution in [0.2, 0.25) is 0 Å². The quantitative estimate of drug-likeness (QED) is 0.518. The van der Waals surface area contributed by atoms with Crippen LogP contribution in [0.1, 0.15) is 12.8 Å². The molecule has 4 N–H and O–H groups in total. The first-order chi connectivity index (χ1) is 6.15. The fraction of sp³-hybridized carbons (Fsp3) is 0.625. The molecule has 0 saturated carbocycles. The van der Waals surface area contributed by atoms with Gasteiger partial charge in [0.1, 0.15) is 5.71 Å². The van der Waals surface area contributed by atoms with E-state index in [9.17, 15) is 4.79 Å². The van der Waals surface area contributed by atoms with E-state index in [2.05, 4.69) is 0 Å². The molecule has 0 spiro atoms. The van der Waals surface area contributed by atoms with Crippen LogP contribution in [0.5, 0.6) is 0 Å². The van der Waals surface area contributed by atoms with Crippen LogP contribution in [0.25, 0.3) is 0 Å². The second-order valence-electron chi connectivity index (χ2n) is 3.19. The summed E-state index contributed by atoms with van der Waals surface area (Å²) in [4.78, 5) is 13.0. The van der Waals surface area contributed by atoms with E-state index in [1.807, 2.05) is 0 Å². The van der Waals surface area contributed by atoms with E-state index in [1.165, 1.54) is 0 Å². The van der Waals surface area contributed by atoms with Crippen LogP contribution in [0, 0.1) is 10.8 Å². The Balaban J connectivity index is 2.48. The molecule has 1 heterocycles. The van der Waals surface area contributed by atoms with Crippen molar-refractivity contribution in [1.29, 1.82) is 10.8 Å². The predicted molar refractivity (Wildman–Crippen MR) is 50.3 cm³/mol. The van der Waals surface area contributed by atoms with Crippen molar-refractivity contribution in [3.05, 3.63) is 0 Å². The summed E-state index contributed by atoms with van der Waals surface area (Å²) in [6, 6.07) is 0.0525. The summed E-state index contributed by atoms with van der Waals surface area (Å²) in [5, 5.41) is 14.1. The summed E-state index contributed by atoms with van der Waals surface area (Å²) in [5.41, 5.74) is 5.60. The molecule has 0 aliphatic carbocycles. The summed E-state index contributed by atoms with van der Waals surface area (Å²) in [6.45, 7) is 1.18. The number of hydrogen-bond donors (Lipinski definition) is 3. The van der Waals surface area contributed by atoms with Crippen LogP contribution in [0.3, 0.4) is 0 Å². The molecule has 1 atom stereocenters. The van der Waals surface area contributed by atoms with Gasteiger partial charge >= 0.3 is 0 Å². The number of carbonyl (C=O) groups is 1. The van der Waals surface area contributed by atoms with Crippen molar-refractivity contribution < 1.29 is 4.79 Å². The maximum atomic E-state index is 11.4. The van der Waals surface area contributed by atoms with Gasteiger partial charge in [-0.05, 0) is 6.42 Å². The predicted octanol–water partition coefficient (Wildman–Crippen LogP) is -0.395. The maximum absolute atomic E-state index is 11.4. The molecule has 1 rings (SSSR count). The van der Waals surface area contributed by atoms with Crippen molar-refractivity contribution in [2.24, 2.45) is 5.73 Å². The number of rotatable bonds is 3. The van der Waals surface area contributed by atoms with Gasteiger partial charge in [-0.25, -0.2) is 0 Å². The monoisotopic (exact) mass is 182 g/mol. The standard InChI is InChI=1S/C8H14N4O/c9-3-1-7(11)8(13)12-4-2-6(10)5-12/h3,6,9,11H,1-2,4-5,10H2. The average molecular weight is 182 g/mol. The highest BCUT2D eigenvalue weighted by molar-refractivity contribution is 6.39. The van der Waals surface area contributed by atoms with Crippen molar-refractivity contribution in [2.75, 3.05) is 13.1 Å². The number of nitrogens with zero attached hydrogens (tertiary/aromatic N) is 1. The van der Waals surface area contributed by atoms with Crippen LogP contribution < -0.4 is 5.73 Å². The second kappa shape index (κ2) is 4.13. The highest BCUT2D eigenvalue weighted by Gasteiger charge is 2.25. The zero-order valence-corrected chi connectivity index (χ0v) is 7.42. The van der Waals surface area contributed by atoms with Gasteiger partial charge in [0, 0.05) is 31.8 Å². The summed E-state index contributed by atoms with van der Waals surface area (Å²) in [7, 11) is 0. The minimum absolute atomic E-state index is 0.0240. The zero-order valence-electron chi connectivity index (χ0n) is 7.42. The second-order valence-corrected chi connectivity index (χ2v) is 3.19. The normalized spacial score (nSPS) is 21.6. The summed E-state index contributed by atoms with van der Waals surface area (Å²) in [5.74, 6) is -0.281. The van der Waals surface area contributed by atoms with Gasteiger partial charge in [-0.1, -0.05) is 0 Å². The Morgan fingerprint density at radius 1 is 1.69 bits per heavy atom. The number of carbonyl (C=O) groups excluding carboxylic acids is 1. The lowest BCUT2D eigenvalue weighted by Gasteiger charge is -2.15. The van der Waals surface area contributed by atoms with Crippen molar-refractivity contribution in [3.63, 3.8) is 0 Å². The highest BCUT2D eigenvalue weighted by Crippen LogP contribution is 2.07. The summed E-state index contributed by atoms with van der Waals surface area (Å²) in [6.07, 6.45) is 1.99. The first-order valence-electron chi connectivity index (χ1n) is 4.26. The van der Waals surface area contributed by atoms with Gasteiger partial charge in [0.25, 0.3) is 5.91 Å². The summed E-state index contributed by atoms with van der Waals surface area (Å²) >= 11 is 0. The number of amides is 1. The first kappa shape index (κ1) is 9.85. The molecule has 5 heteroatoms. The lowest BCUT2D eigenvalue weighted by Crippen LogP contribution is -2.36. The molecular formula is C8H14N4O. The molecule has 0 aromatic rings. The Hall–Kier alpha value is -1.23. The SMILES string of the molecule is N=CCC(=N)C(=O)N1CCC(N)C1. The molecule has 1 aliphatic heterocycles. The molecular weight excluding hydrogens is 168 g/mol. The number of likely N-dealkylation sites (tertiary alicyclic amines) is 1. The van der Waals surface area contributed by atoms with E-state index in [1.54, 1.807) is 4.90 Å². The molecule has 0 aromatic carbocycles. The van der Waals surface area contributed by atoms with Crippen molar-refractivity contribution in [1.82, 2.24) is 4.90 Å². The van der Waals surface area contributed by atoms with Crippen LogP contribution in [-0.4, -0.2) is 41.9 Å². The van der Waals surface area contributed by atoms with Crippen LogP contribution in [-0.2, 0) is 4.79 Å². The third kappa shape index (κ3) is 2.35. The van der Waals surface area contributed by atoms with Crippen molar-refractivity contribution in [3.8, 4) is 0 Å². The number of nitrogens with one attached hydrogen (secondary N) is 2. The fourth-order valence-corrected chi connectivity index (χ4v) is 1.35. The lowest BCUT2D eigenvalue weighted by atomic mass is 10.2. The van der Waals surface area contributed by atoms with Gasteiger partial charge in [-0.15, -0.1) is 0 Å². The van der Waals surface area contributed by atoms with E-state index in [0.29, 0.717) is 13.1 Å². The third-order valence-corrected chi connectivity index (χ3v) is 2.08. The van der Waals surface area contributed by atoms with Gasteiger partial charge in [-0.2, -0.15) is 0 Å². The Morgan fingerprint density at radius 2 is 2.38 bits per heavy atom. The molecule has 0 bridgehead atoms. The minimum Gasteiger partial charge on any atom is -0.336 e. The number of hydrogen-bond acceptors (Lipinski definition) is 4. The smallest absolute Gasteiger partial charge is 0.267 e. The van der Waals surface area contributed by atoms with E-state index >= 15 is 0 Å². The molecule has 1 unspecified atom stereocenters. The zero-order chi connectivity index (χ0) is 9.84. The van der Waals surface area contributed by atoms with E-state index in [4.69, 9.17) is 16.6 Å². The number of nitrogens with two attached hydrogens (primary N) is 1. The van der Waals surface area contributed by atoms with Crippen LogP contribution in [0.15, 0.2) is 0 Å². The molecule has 72 valence electrons. The van der Waals surface area contributed by atoms with E-state index < -0.39 is 0 Å². The van der Waals surface area contributed by atoms with Gasteiger partial charge in [0.05, 0.1) is 0 Å². The van der Waals surface area contributed by atoms with Gasteiger partial charge < -0.3 is 16.0 Å². The topological polar surface area (TPSA) is 94.0 Å². The molecule has 0 radical (unpaired) electrons. The first-order valence-corrected chi connectivity index (χ1v) is 4.26. The molecule has 0 aromatic heterocycles. The molecule has 1 aliphatic rings. The molecule has 13 heavy (non-hydrogen) atoms. The third-order valence-electron chi connectivity index (χ3n) is 2.08. The molecule has 1 fully saturated rings.